The van der Waals surface area contributed by atoms with Gasteiger partial charge in [0.25, 0.3) is 0 Å². The van der Waals surface area contributed by atoms with Crippen LogP contribution in [0.3, 0.4) is 0 Å². The smallest absolute Gasteiger partial charge is 0.243 e. The first-order valence-corrected chi connectivity index (χ1v) is 5.27. The van der Waals surface area contributed by atoms with Crippen molar-refractivity contribution in [2.24, 2.45) is 0 Å². The number of nitrogen functional groups attached to an aromatic ring is 1. The highest BCUT2D eigenvalue weighted by molar-refractivity contribution is 5.67. The highest BCUT2D eigenvalue weighted by Crippen LogP contribution is 2.21. The third-order valence-corrected chi connectivity index (χ3v) is 2.61. The van der Waals surface area contributed by atoms with E-state index in [2.05, 4.69) is 21.4 Å². The van der Waals surface area contributed by atoms with E-state index in [4.69, 9.17) is 11.0 Å². The number of aromatic nitrogens is 4. The summed E-state index contributed by atoms with van der Waals surface area (Å²) in [6.07, 6.45) is 0. The molecule has 2 heterocycles. The molecule has 3 rings (SSSR count). The summed E-state index contributed by atoms with van der Waals surface area (Å²) in [5, 5.41) is 21.0. The molecule has 0 saturated carbocycles. The Morgan fingerprint density at radius 3 is 2.78 bits per heavy atom. The summed E-state index contributed by atoms with van der Waals surface area (Å²) in [6.45, 7) is 0. The molecule has 0 bridgehead atoms. The van der Waals surface area contributed by atoms with E-state index in [9.17, 15) is 0 Å². The van der Waals surface area contributed by atoms with Crippen LogP contribution in [0.2, 0.25) is 0 Å². The Labute approximate surface area is 102 Å². The molecule has 18 heavy (non-hydrogen) atoms. The molecule has 0 radical (unpaired) electrons. The molecular weight excluding hydrogens is 228 g/mol. The Balaban J connectivity index is 2.26. The van der Waals surface area contributed by atoms with Crippen molar-refractivity contribution in [3.63, 3.8) is 0 Å². The maximum Gasteiger partial charge on any atom is 0.243 e. The summed E-state index contributed by atoms with van der Waals surface area (Å²) in [5.41, 5.74) is 8.21. The summed E-state index contributed by atoms with van der Waals surface area (Å²) in [7, 11) is 0. The molecule has 0 aliphatic rings. The Kier molecular flexibility index (Phi) is 2.17. The molecule has 3 aromatic rings. The van der Waals surface area contributed by atoms with Gasteiger partial charge in [0.2, 0.25) is 5.95 Å². The second kappa shape index (κ2) is 3.82. The van der Waals surface area contributed by atoms with Gasteiger partial charge in [-0.25, -0.2) is 0 Å². The lowest BCUT2D eigenvalue weighted by atomic mass is 10.1. The van der Waals surface area contributed by atoms with Crippen LogP contribution in [-0.4, -0.2) is 19.8 Å². The Bertz CT molecular complexity index is 768. The topological polar surface area (TPSA) is 92.9 Å². The van der Waals surface area contributed by atoms with Crippen LogP contribution < -0.4 is 5.73 Å². The lowest BCUT2D eigenvalue weighted by molar-refractivity contribution is 0.946. The first-order chi connectivity index (χ1) is 8.79. The van der Waals surface area contributed by atoms with Crippen LogP contribution in [0.4, 0.5) is 5.95 Å². The summed E-state index contributed by atoms with van der Waals surface area (Å²) < 4.78 is 1.45. The number of nitriles is 1. The molecular formula is C12H8N6. The minimum atomic E-state index is 0.223. The first-order valence-electron chi connectivity index (χ1n) is 5.27. The molecule has 6 nitrogen and oxygen atoms in total. The predicted octanol–water partition coefficient (Wildman–Crippen LogP) is 1.25. The lowest BCUT2D eigenvalue weighted by Gasteiger charge is -2.03. The number of nitrogens with zero attached hydrogens (tertiary/aromatic N) is 5. The van der Waals surface area contributed by atoms with Gasteiger partial charge in [0.15, 0.2) is 5.65 Å². The average molecular weight is 236 g/mol. The van der Waals surface area contributed by atoms with E-state index in [1.165, 1.54) is 4.52 Å². The van der Waals surface area contributed by atoms with Crippen molar-refractivity contribution >= 4 is 11.6 Å². The molecule has 0 unspecified atom stereocenters. The first kappa shape index (κ1) is 10.2. The van der Waals surface area contributed by atoms with Gasteiger partial charge < -0.3 is 5.73 Å². The number of hydrogen-bond acceptors (Lipinski definition) is 5. The number of fused-ring (bicyclic) bond motifs is 1. The van der Waals surface area contributed by atoms with Crippen LogP contribution in [0.1, 0.15) is 5.56 Å². The fourth-order valence-corrected chi connectivity index (χ4v) is 1.75. The van der Waals surface area contributed by atoms with Gasteiger partial charge in [-0.1, -0.05) is 18.2 Å². The zero-order chi connectivity index (χ0) is 12.5. The fraction of sp³-hybridized carbons (Fsp3) is 0. The molecule has 2 aromatic heterocycles. The molecule has 0 spiro atoms. The lowest BCUT2D eigenvalue weighted by Crippen LogP contribution is -2.00. The van der Waals surface area contributed by atoms with Gasteiger partial charge in [0.1, 0.15) is 0 Å². The van der Waals surface area contributed by atoms with Crippen molar-refractivity contribution in [1.29, 1.82) is 5.26 Å². The number of hydrogen-bond donors (Lipinski definition) is 1. The molecule has 1 aromatic carbocycles. The van der Waals surface area contributed by atoms with Crippen LogP contribution in [0.15, 0.2) is 36.4 Å². The maximum atomic E-state index is 9.07. The second-order valence-electron chi connectivity index (χ2n) is 3.70. The average Bonchev–Trinajstić information content (AvgIpc) is 2.80. The molecule has 86 valence electrons. The van der Waals surface area contributed by atoms with Crippen molar-refractivity contribution < 1.29 is 0 Å². The van der Waals surface area contributed by atoms with Crippen molar-refractivity contribution in [1.82, 2.24) is 19.8 Å². The zero-order valence-corrected chi connectivity index (χ0v) is 9.28. The number of anilines is 1. The second-order valence-corrected chi connectivity index (χ2v) is 3.70. The van der Waals surface area contributed by atoms with E-state index in [0.29, 0.717) is 16.9 Å². The molecule has 2 N–H and O–H groups in total. The Morgan fingerprint density at radius 2 is 1.94 bits per heavy atom. The number of benzene rings is 1. The maximum absolute atomic E-state index is 9.07. The molecule has 0 atom stereocenters. The monoisotopic (exact) mass is 236 g/mol. The van der Waals surface area contributed by atoms with Crippen molar-refractivity contribution in [2.45, 2.75) is 0 Å². The van der Waals surface area contributed by atoms with E-state index in [1.807, 2.05) is 18.2 Å². The molecule has 6 heteroatoms. The van der Waals surface area contributed by atoms with Crippen molar-refractivity contribution in [3.8, 4) is 17.3 Å². The van der Waals surface area contributed by atoms with Gasteiger partial charge in [0.05, 0.1) is 17.3 Å². The van der Waals surface area contributed by atoms with Crippen LogP contribution in [0, 0.1) is 11.3 Å². The molecule has 0 aliphatic heterocycles. The van der Waals surface area contributed by atoms with Gasteiger partial charge >= 0.3 is 0 Å². The van der Waals surface area contributed by atoms with Gasteiger partial charge in [-0.2, -0.15) is 14.9 Å². The Hall–Kier alpha value is -2.94. The summed E-state index contributed by atoms with van der Waals surface area (Å²) >= 11 is 0. The normalized spacial score (nSPS) is 10.4. The summed E-state index contributed by atoms with van der Waals surface area (Å²) in [4.78, 5) is 0. The van der Waals surface area contributed by atoms with Gasteiger partial charge in [0, 0.05) is 5.56 Å². The van der Waals surface area contributed by atoms with Gasteiger partial charge in [-0.05, 0) is 18.2 Å². The van der Waals surface area contributed by atoms with E-state index < -0.39 is 0 Å². The highest BCUT2D eigenvalue weighted by atomic mass is 15.4. The van der Waals surface area contributed by atoms with Crippen LogP contribution in [0.5, 0.6) is 0 Å². The van der Waals surface area contributed by atoms with E-state index in [0.717, 1.165) is 5.56 Å². The van der Waals surface area contributed by atoms with Gasteiger partial charge in [-0.15, -0.1) is 10.2 Å². The third-order valence-electron chi connectivity index (χ3n) is 2.61. The number of rotatable bonds is 1. The minimum absolute atomic E-state index is 0.223. The Morgan fingerprint density at radius 1 is 1.11 bits per heavy atom. The highest BCUT2D eigenvalue weighted by Gasteiger charge is 2.08. The summed E-state index contributed by atoms with van der Waals surface area (Å²) in [6, 6.07) is 13.0. The van der Waals surface area contributed by atoms with Crippen LogP contribution in [-0.2, 0) is 0 Å². The third kappa shape index (κ3) is 1.46. The fourth-order valence-electron chi connectivity index (χ4n) is 1.75. The zero-order valence-electron chi connectivity index (χ0n) is 9.28. The quantitative estimate of drug-likeness (QED) is 0.686. The van der Waals surface area contributed by atoms with Crippen LogP contribution >= 0.6 is 0 Å². The predicted molar refractivity (Wildman–Crippen MR) is 65.3 cm³/mol. The van der Waals surface area contributed by atoms with E-state index in [-0.39, 0.29) is 5.95 Å². The van der Waals surface area contributed by atoms with Gasteiger partial charge in [-0.3, -0.25) is 0 Å². The molecule has 0 aliphatic carbocycles. The molecule has 0 amide bonds. The largest absolute Gasteiger partial charge is 0.366 e. The SMILES string of the molecule is N#Cc1ccccc1-c1ccc2nnc(N)n2n1. The summed E-state index contributed by atoms with van der Waals surface area (Å²) in [5.74, 6) is 0.223. The minimum Gasteiger partial charge on any atom is -0.366 e. The van der Waals surface area contributed by atoms with Crippen LogP contribution in [0.25, 0.3) is 16.9 Å². The standard InChI is InChI=1S/C12H8N6/c13-7-8-3-1-2-4-9(8)10-5-6-11-15-16-12(14)18(11)17-10/h1-6H,(H2,14,16). The molecule has 0 saturated heterocycles. The number of nitrogens with two attached hydrogens (primary N) is 1. The van der Waals surface area contributed by atoms with E-state index >= 15 is 0 Å². The van der Waals surface area contributed by atoms with Crippen molar-refractivity contribution in [2.75, 3.05) is 5.73 Å². The van der Waals surface area contributed by atoms with Crippen molar-refractivity contribution in [3.05, 3.63) is 42.0 Å². The molecule has 0 fully saturated rings. The van der Waals surface area contributed by atoms with E-state index in [1.54, 1.807) is 18.2 Å².